The van der Waals surface area contributed by atoms with Gasteiger partial charge in [-0.25, -0.2) is 4.79 Å². The van der Waals surface area contributed by atoms with Gasteiger partial charge in [0.1, 0.15) is 0 Å². The number of hydrogen-bond donors (Lipinski definition) is 2. The Morgan fingerprint density at radius 1 is 1.35 bits per heavy atom. The molecule has 0 unspecified atom stereocenters. The van der Waals surface area contributed by atoms with Crippen molar-refractivity contribution >= 4 is 40.2 Å². The monoisotopic (exact) mass is 387 g/mol. The Labute approximate surface area is 132 Å². The van der Waals surface area contributed by atoms with Crippen LogP contribution in [0.3, 0.4) is 0 Å². The van der Waals surface area contributed by atoms with Crippen LogP contribution in [0.5, 0.6) is 0 Å². The van der Waals surface area contributed by atoms with E-state index in [1.807, 2.05) is 29.2 Å². The average molecular weight is 387 g/mol. The molecule has 0 saturated carbocycles. The van der Waals surface area contributed by atoms with Gasteiger partial charge in [0.25, 0.3) is 0 Å². The van der Waals surface area contributed by atoms with Crippen LogP contribution in [-0.2, 0) is 4.79 Å². The van der Waals surface area contributed by atoms with Crippen LogP contribution in [-0.4, -0.2) is 36.5 Å². The molecule has 1 heterocycles. The van der Waals surface area contributed by atoms with Gasteiger partial charge in [0.05, 0.1) is 5.69 Å². The van der Waals surface area contributed by atoms with Gasteiger partial charge in [-0.1, -0.05) is 12.1 Å². The molecule has 1 saturated heterocycles. The fourth-order valence-electron chi connectivity index (χ4n) is 2.14. The van der Waals surface area contributed by atoms with Gasteiger partial charge in [0, 0.05) is 29.6 Å². The molecule has 3 amide bonds. The lowest BCUT2D eigenvalue weighted by molar-refractivity contribution is -0.127. The molecule has 1 aromatic rings. The van der Waals surface area contributed by atoms with E-state index in [0.29, 0.717) is 13.0 Å². The first-order chi connectivity index (χ1) is 9.66. The van der Waals surface area contributed by atoms with Crippen LogP contribution in [0, 0.1) is 3.57 Å². The maximum atomic E-state index is 11.7. The number of para-hydroxylation sites is 1. The van der Waals surface area contributed by atoms with E-state index in [0.717, 1.165) is 35.2 Å². The Bertz CT molecular complexity index is 493. The van der Waals surface area contributed by atoms with Crippen molar-refractivity contribution in [3.63, 3.8) is 0 Å². The molecule has 0 radical (unpaired) electrons. The Balaban J connectivity index is 1.65. The summed E-state index contributed by atoms with van der Waals surface area (Å²) in [5.74, 6) is 0.230. The lowest BCUT2D eigenvalue weighted by Crippen LogP contribution is -2.33. The first kappa shape index (κ1) is 15.1. The number of amides is 3. The van der Waals surface area contributed by atoms with E-state index in [9.17, 15) is 9.59 Å². The van der Waals surface area contributed by atoms with Crippen molar-refractivity contribution in [2.75, 3.05) is 25.0 Å². The first-order valence-corrected chi connectivity index (χ1v) is 7.82. The quantitative estimate of drug-likeness (QED) is 0.602. The number of anilines is 1. The van der Waals surface area contributed by atoms with Gasteiger partial charge in [-0.05, 0) is 47.6 Å². The lowest BCUT2D eigenvalue weighted by Gasteiger charge is -2.15. The van der Waals surface area contributed by atoms with Gasteiger partial charge < -0.3 is 15.5 Å². The van der Waals surface area contributed by atoms with Crippen LogP contribution in [0.2, 0.25) is 0 Å². The largest absolute Gasteiger partial charge is 0.343 e. The normalized spacial score (nSPS) is 14.4. The summed E-state index contributed by atoms with van der Waals surface area (Å²) in [6, 6.07) is 7.41. The van der Waals surface area contributed by atoms with Crippen LogP contribution in [0.25, 0.3) is 0 Å². The average Bonchev–Trinajstić information content (AvgIpc) is 2.83. The van der Waals surface area contributed by atoms with E-state index in [-0.39, 0.29) is 11.9 Å². The van der Waals surface area contributed by atoms with Crippen LogP contribution >= 0.6 is 22.6 Å². The number of halogens is 1. The number of carbonyl (C=O) groups is 2. The second-order valence-electron chi connectivity index (χ2n) is 4.70. The molecule has 0 spiro atoms. The molecule has 1 fully saturated rings. The molecule has 0 aliphatic carbocycles. The minimum Gasteiger partial charge on any atom is -0.343 e. The number of nitrogens with one attached hydrogen (secondary N) is 2. The highest BCUT2D eigenvalue weighted by Crippen LogP contribution is 2.16. The predicted octanol–water partition coefficient (Wildman–Crippen LogP) is 2.43. The third-order valence-electron chi connectivity index (χ3n) is 3.18. The highest BCUT2D eigenvalue weighted by molar-refractivity contribution is 14.1. The number of nitrogens with zero attached hydrogens (tertiary/aromatic N) is 1. The molecule has 108 valence electrons. The summed E-state index contributed by atoms with van der Waals surface area (Å²) >= 11 is 2.18. The van der Waals surface area contributed by atoms with Crippen molar-refractivity contribution in [1.29, 1.82) is 0 Å². The van der Waals surface area contributed by atoms with Gasteiger partial charge in [-0.15, -0.1) is 0 Å². The Hall–Kier alpha value is -1.31. The molecule has 0 bridgehead atoms. The Morgan fingerprint density at radius 2 is 2.15 bits per heavy atom. The molecular weight excluding hydrogens is 369 g/mol. The molecule has 0 aromatic heterocycles. The maximum absolute atomic E-state index is 11.7. The molecule has 2 rings (SSSR count). The summed E-state index contributed by atoms with van der Waals surface area (Å²) in [5, 5.41) is 5.62. The number of rotatable bonds is 5. The summed E-state index contributed by atoms with van der Waals surface area (Å²) < 4.78 is 1.00. The molecule has 2 N–H and O–H groups in total. The minimum absolute atomic E-state index is 0.207. The zero-order valence-corrected chi connectivity index (χ0v) is 13.4. The van der Waals surface area contributed by atoms with E-state index in [1.165, 1.54) is 0 Å². The summed E-state index contributed by atoms with van der Waals surface area (Å²) in [7, 11) is 0. The van der Waals surface area contributed by atoms with Crippen molar-refractivity contribution in [2.24, 2.45) is 0 Å². The second-order valence-corrected chi connectivity index (χ2v) is 5.86. The second kappa shape index (κ2) is 7.47. The van der Waals surface area contributed by atoms with Crippen molar-refractivity contribution < 1.29 is 9.59 Å². The Kier molecular flexibility index (Phi) is 5.63. The fourth-order valence-corrected chi connectivity index (χ4v) is 2.66. The van der Waals surface area contributed by atoms with Crippen LogP contribution in [0.4, 0.5) is 10.5 Å². The molecule has 1 aliphatic heterocycles. The van der Waals surface area contributed by atoms with Crippen molar-refractivity contribution in [3.05, 3.63) is 27.8 Å². The van der Waals surface area contributed by atoms with Gasteiger partial charge in [-0.3, -0.25) is 4.79 Å². The SMILES string of the molecule is O=C(NCCCN1CCCC1=O)Nc1ccccc1I. The van der Waals surface area contributed by atoms with E-state index in [1.54, 1.807) is 0 Å². The van der Waals surface area contributed by atoms with Gasteiger partial charge >= 0.3 is 6.03 Å². The molecule has 0 atom stereocenters. The van der Waals surface area contributed by atoms with E-state index in [4.69, 9.17) is 0 Å². The third-order valence-corrected chi connectivity index (χ3v) is 4.12. The first-order valence-electron chi connectivity index (χ1n) is 6.74. The summed E-state index contributed by atoms with van der Waals surface area (Å²) in [6.45, 7) is 2.15. The number of carbonyl (C=O) groups excluding carboxylic acids is 2. The maximum Gasteiger partial charge on any atom is 0.319 e. The van der Waals surface area contributed by atoms with E-state index < -0.39 is 0 Å². The molecule has 5 nitrogen and oxygen atoms in total. The minimum atomic E-state index is -0.207. The third kappa shape index (κ3) is 4.36. The topological polar surface area (TPSA) is 61.4 Å². The highest BCUT2D eigenvalue weighted by atomic mass is 127. The molecule has 1 aliphatic rings. The van der Waals surface area contributed by atoms with Gasteiger partial charge in [0.15, 0.2) is 0 Å². The van der Waals surface area contributed by atoms with Crippen molar-refractivity contribution in [2.45, 2.75) is 19.3 Å². The predicted molar refractivity (Wildman–Crippen MR) is 86.6 cm³/mol. The zero-order valence-electron chi connectivity index (χ0n) is 11.2. The Morgan fingerprint density at radius 3 is 2.85 bits per heavy atom. The van der Waals surface area contributed by atoms with E-state index in [2.05, 4.69) is 33.2 Å². The standard InChI is InChI=1S/C14H18IN3O2/c15-11-5-1-2-6-12(11)17-14(20)16-8-4-10-18-9-3-7-13(18)19/h1-2,5-6H,3-4,7-10H2,(H2,16,17,20). The van der Waals surface area contributed by atoms with Crippen molar-refractivity contribution in [1.82, 2.24) is 10.2 Å². The summed E-state index contributed by atoms with van der Waals surface area (Å²) in [4.78, 5) is 25.0. The number of urea groups is 1. The van der Waals surface area contributed by atoms with Crippen LogP contribution < -0.4 is 10.6 Å². The number of likely N-dealkylation sites (tertiary alicyclic amines) is 1. The molecule has 1 aromatic carbocycles. The highest BCUT2D eigenvalue weighted by Gasteiger charge is 2.18. The number of benzene rings is 1. The molecular formula is C14H18IN3O2. The van der Waals surface area contributed by atoms with E-state index >= 15 is 0 Å². The molecule has 20 heavy (non-hydrogen) atoms. The smallest absolute Gasteiger partial charge is 0.319 e. The van der Waals surface area contributed by atoms with Gasteiger partial charge in [0.2, 0.25) is 5.91 Å². The summed E-state index contributed by atoms with van der Waals surface area (Å²) in [6.07, 6.45) is 2.41. The van der Waals surface area contributed by atoms with Crippen LogP contribution in [0.15, 0.2) is 24.3 Å². The van der Waals surface area contributed by atoms with Crippen molar-refractivity contribution in [3.8, 4) is 0 Å². The van der Waals surface area contributed by atoms with Crippen LogP contribution in [0.1, 0.15) is 19.3 Å². The fraction of sp³-hybridized carbons (Fsp3) is 0.429. The summed E-state index contributed by atoms with van der Waals surface area (Å²) in [5.41, 5.74) is 0.806. The lowest BCUT2D eigenvalue weighted by atomic mass is 10.3. The molecule has 6 heteroatoms. The number of hydrogen-bond acceptors (Lipinski definition) is 2. The van der Waals surface area contributed by atoms with Gasteiger partial charge in [-0.2, -0.15) is 0 Å². The zero-order chi connectivity index (χ0) is 14.4.